The summed E-state index contributed by atoms with van der Waals surface area (Å²) in [6.07, 6.45) is 22.4. The highest BCUT2D eigenvalue weighted by molar-refractivity contribution is 5.85. The van der Waals surface area contributed by atoms with Gasteiger partial charge in [-0.3, -0.25) is 0 Å². The molecular formula is C40H56N2. The second kappa shape index (κ2) is 19.3. The zero-order chi connectivity index (χ0) is 30.0. The SMILES string of the molecule is CCCCCC#CC1=C(c2ccc(CCCCCCCC)cc2)[N+](=[N-])C(c2ccc(CCCCCCCC)cc2)=C1C. The van der Waals surface area contributed by atoms with Crippen LogP contribution < -0.4 is 0 Å². The van der Waals surface area contributed by atoms with E-state index < -0.39 is 0 Å². The summed E-state index contributed by atoms with van der Waals surface area (Å²) < 4.78 is 1.40. The van der Waals surface area contributed by atoms with Crippen LogP contribution in [-0.2, 0) is 12.8 Å². The molecule has 0 saturated carbocycles. The molecule has 0 atom stereocenters. The monoisotopic (exact) mass is 564 g/mol. The first kappa shape index (κ1) is 33.6. The van der Waals surface area contributed by atoms with Crippen molar-refractivity contribution in [3.63, 3.8) is 0 Å². The fraction of sp³-hybridized carbons (Fsp3) is 0.550. The molecule has 226 valence electrons. The van der Waals surface area contributed by atoms with Gasteiger partial charge in [0.1, 0.15) is 5.57 Å². The van der Waals surface area contributed by atoms with Crippen molar-refractivity contribution in [3.05, 3.63) is 87.5 Å². The zero-order valence-corrected chi connectivity index (χ0v) is 27.2. The lowest BCUT2D eigenvalue weighted by molar-refractivity contribution is -0.345. The summed E-state index contributed by atoms with van der Waals surface area (Å²) in [5, 5.41) is 0. The van der Waals surface area contributed by atoms with Gasteiger partial charge in [-0.05, 0) is 74.4 Å². The van der Waals surface area contributed by atoms with Crippen molar-refractivity contribution in [3.8, 4) is 11.8 Å². The van der Waals surface area contributed by atoms with Gasteiger partial charge in [0.2, 0.25) is 11.4 Å². The summed E-state index contributed by atoms with van der Waals surface area (Å²) in [7, 11) is 0. The van der Waals surface area contributed by atoms with Crippen molar-refractivity contribution in [2.45, 2.75) is 143 Å². The smallest absolute Gasteiger partial charge is 0.223 e. The maximum absolute atomic E-state index is 11.6. The van der Waals surface area contributed by atoms with E-state index in [0.29, 0.717) is 0 Å². The third-order valence-electron chi connectivity index (χ3n) is 8.60. The van der Waals surface area contributed by atoms with Gasteiger partial charge in [0.05, 0.1) is 0 Å². The van der Waals surface area contributed by atoms with Crippen LogP contribution in [0.3, 0.4) is 0 Å². The van der Waals surface area contributed by atoms with Gasteiger partial charge >= 0.3 is 0 Å². The van der Waals surface area contributed by atoms with Gasteiger partial charge in [-0.15, -0.1) is 0 Å². The Labute approximate surface area is 258 Å². The van der Waals surface area contributed by atoms with E-state index in [2.05, 4.69) is 88.1 Å². The quantitative estimate of drug-likeness (QED) is 0.0921. The van der Waals surface area contributed by atoms with Crippen LogP contribution in [0.15, 0.2) is 59.7 Å². The average molecular weight is 565 g/mol. The Kier molecular flexibility index (Phi) is 15.4. The molecule has 0 aromatic heterocycles. The van der Waals surface area contributed by atoms with Crippen molar-refractivity contribution in [2.75, 3.05) is 0 Å². The van der Waals surface area contributed by atoms with Crippen LogP contribution in [0.5, 0.6) is 0 Å². The normalized spacial score (nSPS) is 13.2. The summed E-state index contributed by atoms with van der Waals surface area (Å²) >= 11 is 0. The fourth-order valence-corrected chi connectivity index (χ4v) is 5.92. The van der Waals surface area contributed by atoms with E-state index in [0.717, 1.165) is 59.4 Å². The lowest BCUT2D eigenvalue weighted by Gasteiger charge is -2.10. The van der Waals surface area contributed by atoms with E-state index in [4.69, 9.17) is 0 Å². The maximum atomic E-state index is 11.6. The van der Waals surface area contributed by atoms with Crippen LogP contribution in [0.2, 0.25) is 0 Å². The number of rotatable bonds is 19. The van der Waals surface area contributed by atoms with Crippen molar-refractivity contribution >= 4 is 11.4 Å². The highest BCUT2D eigenvalue weighted by Gasteiger charge is 2.33. The van der Waals surface area contributed by atoms with Gasteiger partial charge < -0.3 is 5.53 Å². The predicted molar refractivity (Wildman–Crippen MR) is 182 cm³/mol. The summed E-state index contributed by atoms with van der Waals surface area (Å²) in [5.74, 6) is 6.89. The minimum absolute atomic E-state index is 0.813. The first-order valence-corrected chi connectivity index (χ1v) is 17.2. The van der Waals surface area contributed by atoms with Crippen LogP contribution >= 0.6 is 0 Å². The average Bonchev–Trinajstić information content (AvgIpc) is 3.25. The van der Waals surface area contributed by atoms with Gasteiger partial charge in [-0.25, -0.2) is 4.70 Å². The lowest BCUT2D eigenvalue weighted by atomic mass is 9.99. The molecule has 0 N–H and O–H groups in total. The Balaban J connectivity index is 1.74. The highest BCUT2D eigenvalue weighted by Crippen LogP contribution is 2.40. The first-order chi connectivity index (χ1) is 20.6. The number of unbranched alkanes of at least 4 members (excludes halogenated alkanes) is 13. The molecule has 2 aromatic carbocycles. The number of nitrogens with zero attached hydrogens (tertiary/aromatic N) is 2. The molecule has 1 aliphatic rings. The van der Waals surface area contributed by atoms with E-state index in [1.807, 2.05) is 0 Å². The number of hydrogen-bond acceptors (Lipinski definition) is 0. The minimum atomic E-state index is 0.813. The van der Waals surface area contributed by atoms with Crippen molar-refractivity contribution in [1.82, 2.24) is 0 Å². The molecule has 0 spiro atoms. The minimum Gasteiger partial charge on any atom is -0.493 e. The number of aryl methyl sites for hydroxylation is 2. The molecule has 42 heavy (non-hydrogen) atoms. The largest absolute Gasteiger partial charge is 0.493 e. The molecule has 2 nitrogen and oxygen atoms in total. The first-order valence-electron chi connectivity index (χ1n) is 17.2. The maximum Gasteiger partial charge on any atom is 0.223 e. The lowest BCUT2D eigenvalue weighted by Crippen LogP contribution is -2.02. The molecule has 0 amide bonds. The van der Waals surface area contributed by atoms with Gasteiger partial charge in [0, 0.05) is 23.1 Å². The second-order valence-corrected chi connectivity index (χ2v) is 12.2. The van der Waals surface area contributed by atoms with E-state index >= 15 is 0 Å². The van der Waals surface area contributed by atoms with Gasteiger partial charge in [0.25, 0.3) is 0 Å². The molecule has 1 aliphatic heterocycles. The molecule has 0 aliphatic carbocycles. The van der Waals surface area contributed by atoms with Gasteiger partial charge in [0.15, 0.2) is 0 Å². The molecule has 0 fully saturated rings. The molecule has 0 saturated heterocycles. The summed E-state index contributed by atoms with van der Waals surface area (Å²) in [4.78, 5) is 0. The van der Waals surface area contributed by atoms with E-state index in [1.165, 1.54) is 106 Å². The highest BCUT2D eigenvalue weighted by atomic mass is 15.2. The molecule has 1 heterocycles. The third-order valence-corrected chi connectivity index (χ3v) is 8.60. The van der Waals surface area contributed by atoms with E-state index in [1.54, 1.807) is 0 Å². The number of allylic oxidation sites excluding steroid dienone is 2. The molecule has 0 radical (unpaired) electrons. The van der Waals surface area contributed by atoms with Crippen LogP contribution in [0, 0.1) is 11.8 Å². The Hall–Kier alpha value is -2.92. The van der Waals surface area contributed by atoms with Crippen LogP contribution in [0.1, 0.15) is 153 Å². The number of benzene rings is 2. The van der Waals surface area contributed by atoms with E-state index in [-0.39, 0.29) is 0 Å². The molecule has 0 unspecified atom stereocenters. The standard InChI is InChI=1S/C40H56N2/c1-5-8-11-14-17-19-22-34-25-29-36(30-26-34)39-33(4)38(24-21-16-13-10-7-3)40(42(39)41)37-31-27-35(28-32-37)23-20-18-15-12-9-6-2/h25-32H,5-20,22-23H2,1-4H3. The third kappa shape index (κ3) is 10.4. The molecule has 3 rings (SSSR count). The number of hydrogen-bond donors (Lipinski definition) is 0. The second-order valence-electron chi connectivity index (χ2n) is 12.2. The van der Waals surface area contributed by atoms with E-state index in [9.17, 15) is 5.53 Å². The van der Waals surface area contributed by atoms with Crippen molar-refractivity contribution < 1.29 is 4.70 Å². The topological polar surface area (TPSA) is 25.3 Å². The summed E-state index contributed by atoms with van der Waals surface area (Å²) in [6, 6.07) is 17.6. The van der Waals surface area contributed by atoms with Gasteiger partial charge in [-0.1, -0.05) is 134 Å². The molecular weight excluding hydrogens is 508 g/mol. The molecule has 2 heteroatoms. The Morgan fingerprint density at radius 2 is 0.976 bits per heavy atom. The Morgan fingerprint density at radius 3 is 1.48 bits per heavy atom. The molecule has 2 aromatic rings. The van der Waals surface area contributed by atoms with Crippen molar-refractivity contribution in [2.24, 2.45) is 0 Å². The summed E-state index contributed by atoms with van der Waals surface area (Å²) in [6.45, 7) is 8.87. The van der Waals surface area contributed by atoms with Crippen LogP contribution in [0.4, 0.5) is 0 Å². The molecule has 0 bridgehead atoms. The van der Waals surface area contributed by atoms with Crippen molar-refractivity contribution in [1.29, 1.82) is 0 Å². The zero-order valence-electron chi connectivity index (χ0n) is 27.2. The van der Waals surface area contributed by atoms with Gasteiger partial charge in [-0.2, -0.15) is 0 Å². The van der Waals surface area contributed by atoms with Crippen LogP contribution in [-0.4, -0.2) is 4.70 Å². The Bertz CT molecular complexity index is 1220. The predicted octanol–water partition coefficient (Wildman–Crippen LogP) is 12.3. The van der Waals surface area contributed by atoms with Crippen LogP contribution in [0.25, 0.3) is 16.9 Å². The summed E-state index contributed by atoms with van der Waals surface area (Å²) in [5.41, 5.74) is 20.1. The fourth-order valence-electron chi connectivity index (χ4n) is 5.92. The Morgan fingerprint density at radius 1 is 0.548 bits per heavy atom.